The number of carbonyl (C=O) groups is 1. The zero-order valence-corrected chi connectivity index (χ0v) is 19.7. The van der Waals surface area contributed by atoms with E-state index in [0.717, 1.165) is 36.2 Å². The molecular weight excluding hydrogens is 392 g/mol. The van der Waals surface area contributed by atoms with Gasteiger partial charge < -0.3 is 9.80 Å². The van der Waals surface area contributed by atoms with Crippen LogP contribution in [0.15, 0.2) is 72.8 Å². The molecule has 3 aromatic rings. The molecule has 0 heterocycles. The molecule has 1 atom stereocenters. The topological polar surface area (TPSA) is 23.6 Å². The van der Waals surface area contributed by atoms with Crippen molar-refractivity contribution >= 4 is 17.3 Å². The van der Waals surface area contributed by atoms with Crippen LogP contribution < -0.4 is 9.80 Å². The van der Waals surface area contributed by atoms with Gasteiger partial charge in [0.15, 0.2) is 0 Å². The van der Waals surface area contributed by atoms with Crippen LogP contribution in [0.5, 0.6) is 0 Å². The Morgan fingerprint density at radius 3 is 2.22 bits per heavy atom. The fourth-order valence-corrected chi connectivity index (χ4v) is 4.62. The molecule has 32 heavy (non-hydrogen) atoms. The fourth-order valence-electron chi connectivity index (χ4n) is 4.62. The molecule has 0 N–H and O–H groups in total. The second-order valence-electron chi connectivity index (χ2n) is 9.38. The Balaban J connectivity index is 1.68. The summed E-state index contributed by atoms with van der Waals surface area (Å²) in [5, 5.41) is 0. The van der Waals surface area contributed by atoms with Crippen LogP contribution in [0.2, 0.25) is 0 Å². The van der Waals surface area contributed by atoms with Crippen molar-refractivity contribution in [1.82, 2.24) is 0 Å². The number of amides is 1. The van der Waals surface area contributed by atoms with Gasteiger partial charge in [-0.2, -0.15) is 0 Å². The van der Waals surface area contributed by atoms with Crippen molar-refractivity contribution in [3.63, 3.8) is 0 Å². The van der Waals surface area contributed by atoms with E-state index in [1.54, 1.807) is 0 Å². The van der Waals surface area contributed by atoms with Crippen LogP contribution in [0.1, 0.15) is 60.8 Å². The third-order valence-electron chi connectivity index (χ3n) is 6.60. The van der Waals surface area contributed by atoms with Gasteiger partial charge in [0.1, 0.15) is 0 Å². The van der Waals surface area contributed by atoms with E-state index < -0.39 is 0 Å². The molecule has 0 radical (unpaired) electrons. The van der Waals surface area contributed by atoms with Crippen LogP contribution >= 0.6 is 0 Å². The van der Waals surface area contributed by atoms with E-state index in [1.165, 1.54) is 16.7 Å². The van der Waals surface area contributed by atoms with Crippen molar-refractivity contribution < 1.29 is 4.79 Å². The van der Waals surface area contributed by atoms with Gasteiger partial charge in [0, 0.05) is 25.5 Å². The first-order chi connectivity index (χ1) is 15.4. The maximum Gasteiger partial charge on any atom is 0.234 e. The van der Waals surface area contributed by atoms with E-state index in [2.05, 4.69) is 91.5 Å². The van der Waals surface area contributed by atoms with Gasteiger partial charge in [-0.25, -0.2) is 0 Å². The summed E-state index contributed by atoms with van der Waals surface area (Å²) in [5.74, 6) is 0.592. The summed E-state index contributed by atoms with van der Waals surface area (Å²) >= 11 is 0. The zero-order valence-electron chi connectivity index (χ0n) is 19.7. The summed E-state index contributed by atoms with van der Waals surface area (Å²) in [6, 6.07) is 25.5. The normalized spacial score (nSPS) is 15.3. The molecule has 3 heteroatoms. The second-order valence-corrected chi connectivity index (χ2v) is 9.38. The smallest absolute Gasteiger partial charge is 0.234 e. The molecule has 166 valence electrons. The Morgan fingerprint density at radius 2 is 1.56 bits per heavy atom. The van der Waals surface area contributed by atoms with Gasteiger partial charge in [0.25, 0.3) is 0 Å². The maximum absolute atomic E-state index is 14.0. The summed E-state index contributed by atoms with van der Waals surface area (Å²) in [4.78, 5) is 18.1. The molecule has 0 aliphatic heterocycles. The quantitative estimate of drug-likeness (QED) is 0.447. The molecule has 0 bridgehead atoms. The Hall–Kier alpha value is -3.07. The lowest BCUT2D eigenvalue weighted by Crippen LogP contribution is -2.36. The van der Waals surface area contributed by atoms with E-state index in [0.29, 0.717) is 12.5 Å². The van der Waals surface area contributed by atoms with Crippen LogP contribution in [0.3, 0.4) is 0 Å². The van der Waals surface area contributed by atoms with E-state index in [-0.39, 0.29) is 11.8 Å². The highest BCUT2D eigenvalue weighted by atomic mass is 16.2. The number of rotatable bonds is 6. The van der Waals surface area contributed by atoms with Crippen LogP contribution in [0, 0.1) is 0 Å². The highest BCUT2D eigenvalue weighted by molar-refractivity contribution is 5.98. The predicted octanol–water partition coefficient (Wildman–Crippen LogP) is 6.53. The van der Waals surface area contributed by atoms with E-state index in [4.69, 9.17) is 0 Å². The standard InChI is InChI=1S/C29H34N2O/c1-21(2)23-14-18-26(19-15-23)31(20-22-12-16-25(17-13-22)30(3)4)29(32)28-11-7-9-24-8-5-6-10-27(24)28/h5-6,8,10,12-19,21,28H,7,9,11,20H2,1-4H3. The lowest BCUT2D eigenvalue weighted by molar-refractivity contribution is -0.120. The van der Waals surface area contributed by atoms with Crippen molar-refractivity contribution in [2.45, 2.75) is 51.5 Å². The minimum absolute atomic E-state index is 0.0780. The van der Waals surface area contributed by atoms with Crippen molar-refractivity contribution in [2.75, 3.05) is 23.9 Å². The van der Waals surface area contributed by atoms with Crippen molar-refractivity contribution in [3.05, 3.63) is 95.1 Å². The van der Waals surface area contributed by atoms with Crippen molar-refractivity contribution in [1.29, 1.82) is 0 Å². The molecule has 1 amide bonds. The van der Waals surface area contributed by atoms with E-state index in [1.807, 2.05) is 19.0 Å². The largest absolute Gasteiger partial charge is 0.378 e. The first-order valence-electron chi connectivity index (χ1n) is 11.7. The minimum atomic E-state index is -0.0780. The zero-order chi connectivity index (χ0) is 22.7. The maximum atomic E-state index is 14.0. The van der Waals surface area contributed by atoms with Gasteiger partial charge in [0.05, 0.1) is 12.5 Å². The van der Waals surface area contributed by atoms with Gasteiger partial charge in [-0.3, -0.25) is 4.79 Å². The molecule has 1 aliphatic rings. The molecule has 0 spiro atoms. The van der Waals surface area contributed by atoms with Gasteiger partial charge in [0.2, 0.25) is 5.91 Å². The minimum Gasteiger partial charge on any atom is -0.378 e. The SMILES string of the molecule is CC(C)c1ccc(N(Cc2ccc(N(C)C)cc2)C(=O)C2CCCc3ccccc32)cc1. The molecule has 0 saturated carbocycles. The first-order valence-corrected chi connectivity index (χ1v) is 11.7. The Morgan fingerprint density at radius 1 is 0.906 bits per heavy atom. The molecular formula is C29H34N2O. The second kappa shape index (κ2) is 9.60. The van der Waals surface area contributed by atoms with Crippen LogP contribution in [0.4, 0.5) is 11.4 Å². The summed E-state index contributed by atoms with van der Waals surface area (Å²) in [7, 11) is 4.09. The molecule has 0 aromatic heterocycles. The summed E-state index contributed by atoms with van der Waals surface area (Å²) < 4.78 is 0. The monoisotopic (exact) mass is 426 g/mol. The van der Waals surface area contributed by atoms with Gasteiger partial charge >= 0.3 is 0 Å². The summed E-state index contributed by atoms with van der Waals surface area (Å²) in [5.41, 5.74) is 7.09. The lowest BCUT2D eigenvalue weighted by Gasteiger charge is -2.31. The molecule has 3 aromatic carbocycles. The molecule has 4 rings (SSSR count). The molecule has 1 aliphatic carbocycles. The van der Waals surface area contributed by atoms with E-state index in [9.17, 15) is 4.79 Å². The van der Waals surface area contributed by atoms with E-state index >= 15 is 0 Å². The third kappa shape index (κ3) is 4.72. The molecule has 1 unspecified atom stereocenters. The first kappa shape index (κ1) is 22.1. The molecule has 3 nitrogen and oxygen atoms in total. The number of benzene rings is 3. The van der Waals surface area contributed by atoms with Crippen molar-refractivity contribution in [3.8, 4) is 0 Å². The highest BCUT2D eigenvalue weighted by Gasteiger charge is 2.30. The average molecular weight is 427 g/mol. The third-order valence-corrected chi connectivity index (χ3v) is 6.60. The summed E-state index contributed by atoms with van der Waals surface area (Å²) in [6.07, 6.45) is 3.04. The van der Waals surface area contributed by atoms with Crippen LogP contribution in [-0.2, 0) is 17.8 Å². The number of anilines is 2. The number of nitrogens with zero attached hydrogens (tertiary/aromatic N) is 2. The van der Waals surface area contributed by atoms with Gasteiger partial charge in [-0.05, 0) is 71.7 Å². The van der Waals surface area contributed by atoms with Gasteiger partial charge in [-0.1, -0.05) is 62.4 Å². The van der Waals surface area contributed by atoms with Gasteiger partial charge in [-0.15, -0.1) is 0 Å². The number of aryl methyl sites for hydroxylation is 1. The lowest BCUT2D eigenvalue weighted by atomic mass is 9.82. The number of hydrogen-bond acceptors (Lipinski definition) is 2. The fraction of sp³-hybridized carbons (Fsp3) is 0.345. The Labute approximate surface area is 192 Å². The van der Waals surface area contributed by atoms with Crippen LogP contribution in [0.25, 0.3) is 0 Å². The predicted molar refractivity (Wildman–Crippen MR) is 135 cm³/mol. The number of fused-ring (bicyclic) bond motifs is 1. The number of hydrogen-bond donors (Lipinski definition) is 0. The van der Waals surface area contributed by atoms with Crippen LogP contribution in [-0.4, -0.2) is 20.0 Å². The van der Waals surface area contributed by atoms with Crippen molar-refractivity contribution in [2.24, 2.45) is 0 Å². The highest BCUT2D eigenvalue weighted by Crippen LogP contribution is 2.35. The average Bonchev–Trinajstić information content (AvgIpc) is 2.82. The Bertz CT molecular complexity index is 1050. The molecule has 0 fully saturated rings. The summed E-state index contributed by atoms with van der Waals surface area (Å²) in [6.45, 7) is 4.97. The Kier molecular flexibility index (Phi) is 6.64. The number of carbonyl (C=O) groups excluding carboxylic acids is 1. The molecule has 0 saturated heterocycles.